The van der Waals surface area contributed by atoms with E-state index in [4.69, 9.17) is 14.5 Å². The van der Waals surface area contributed by atoms with Crippen LogP contribution < -0.4 is 15.4 Å². The van der Waals surface area contributed by atoms with Gasteiger partial charge < -0.3 is 20.1 Å². The summed E-state index contributed by atoms with van der Waals surface area (Å²) in [4.78, 5) is 11.5. The normalized spacial score (nSPS) is 15.0. The Hall–Kier alpha value is -1.91. The first-order valence-corrected chi connectivity index (χ1v) is 11.0. The summed E-state index contributed by atoms with van der Waals surface area (Å²) in [7, 11) is 0. The van der Waals surface area contributed by atoms with Crippen LogP contribution in [0.4, 0.5) is 0 Å². The summed E-state index contributed by atoms with van der Waals surface area (Å²) in [6.45, 7) is 12.9. The molecule has 8 heteroatoms. The topological polar surface area (TPSA) is 71.0 Å². The number of hydrogen-bond acceptors (Lipinski definition) is 5. The van der Waals surface area contributed by atoms with Crippen molar-refractivity contribution in [2.24, 2.45) is 4.99 Å². The highest BCUT2D eigenvalue weighted by Crippen LogP contribution is 2.16. The third kappa shape index (κ3) is 8.55. The minimum atomic E-state index is 0. The van der Waals surface area contributed by atoms with E-state index in [1.165, 1.54) is 0 Å². The van der Waals surface area contributed by atoms with Crippen LogP contribution in [-0.4, -0.2) is 60.8 Å². The van der Waals surface area contributed by atoms with Crippen LogP contribution in [0.3, 0.4) is 0 Å². The smallest absolute Gasteiger partial charge is 0.191 e. The highest BCUT2D eigenvalue weighted by Gasteiger charge is 2.28. The summed E-state index contributed by atoms with van der Waals surface area (Å²) in [5.41, 5.74) is 2.08. The Morgan fingerprint density at radius 3 is 2.53 bits per heavy atom. The van der Waals surface area contributed by atoms with Crippen LogP contribution in [0.1, 0.15) is 32.0 Å². The number of halogens is 1. The van der Waals surface area contributed by atoms with E-state index >= 15 is 0 Å². The predicted molar refractivity (Wildman–Crippen MR) is 140 cm³/mol. The van der Waals surface area contributed by atoms with Gasteiger partial charge in [0.25, 0.3) is 0 Å². The van der Waals surface area contributed by atoms with E-state index in [-0.39, 0.29) is 29.5 Å². The lowest BCUT2D eigenvalue weighted by Gasteiger charge is -2.41. The van der Waals surface area contributed by atoms with Crippen molar-refractivity contribution in [1.82, 2.24) is 20.5 Å². The van der Waals surface area contributed by atoms with E-state index in [0.29, 0.717) is 13.2 Å². The van der Waals surface area contributed by atoms with E-state index in [9.17, 15) is 0 Å². The van der Waals surface area contributed by atoms with Crippen molar-refractivity contribution in [3.8, 4) is 5.75 Å². The Morgan fingerprint density at radius 1 is 1.12 bits per heavy atom. The second-order valence-corrected chi connectivity index (χ2v) is 8.21. The van der Waals surface area contributed by atoms with Gasteiger partial charge in [0.15, 0.2) is 5.96 Å². The van der Waals surface area contributed by atoms with Gasteiger partial charge in [0, 0.05) is 37.9 Å². The minimum absolute atomic E-state index is 0. The molecule has 0 spiro atoms. The third-order valence-electron chi connectivity index (χ3n) is 5.36. The maximum atomic E-state index is 5.81. The highest BCUT2D eigenvalue weighted by atomic mass is 127. The van der Waals surface area contributed by atoms with Crippen LogP contribution in [0.25, 0.3) is 0 Å². The molecule has 32 heavy (non-hydrogen) atoms. The fraction of sp³-hybridized carbons (Fsp3) is 0.500. The van der Waals surface area contributed by atoms with Gasteiger partial charge in [-0.15, -0.1) is 24.0 Å². The first kappa shape index (κ1) is 26.3. The molecule has 3 rings (SSSR count). The zero-order chi connectivity index (χ0) is 21.9. The maximum absolute atomic E-state index is 5.81. The second kappa shape index (κ2) is 13.6. The largest absolute Gasteiger partial charge is 0.487 e. The minimum Gasteiger partial charge on any atom is -0.487 e. The molecular formula is C24H36IN5O2. The van der Waals surface area contributed by atoms with E-state index in [1.54, 1.807) is 6.20 Å². The van der Waals surface area contributed by atoms with Crippen molar-refractivity contribution in [3.05, 3.63) is 59.9 Å². The summed E-state index contributed by atoms with van der Waals surface area (Å²) in [6, 6.07) is 13.9. The molecule has 0 saturated carbocycles. The van der Waals surface area contributed by atoms with E-state index < -0.39 is 0 Å². The van der Waals surface area contributed by atoms with E-state index in [0.717, 1.165) is 62.4 Å². The summed E-state index contributed by atoms with van der Waals surface area (Å²) >= 11 is 0. The molecular weight excluding hydrogens is 517 g/mol. The van der Waals surface area contributed by atoms with Crippen LogP contribution in [0.15, 0.2) is 53.7 Å². The lowest BCUT2D eigenvalue weighted by atomic mass is 10.0. The Labute approximate surface area is 209 Å². The SMILES string of the molecule is CCNC(=NCc1ccc(OCc2ccccn2)cc1)NCC(C)(C)N1CCOCC1.I. The summed E-state index contributed by atoms with van der Waals surface area (Å²) in [6.07, 6.45) is 1.78. The highest BCUT2D eigenvalue weighted by molar-refractivity contribution is 14.0. The molecule has 0 bridgehead atoms. The summed E-state index contributed by atoms with van der Waals surface area (Å²) in [5.74, 6) is 1.66. The van der Waals surface area contributed by atoms with E-state index in [2.05, 4.69) is 53.4 Å². The fourth-order valence-electron chi connectivity index (χ4n) is 3.42. The lowest BCUT2D eigenvalue weighted by Crippen LogP contribution is -2.56. The first-order chi connectivity index (χ1) is 15.1. The second-order valence-electron chi connectivity index (χ2n) is 8.21. The number of hydrogen-bond donors (Lipinski definition) is 2. The number of ether oxygens (including phenoxy) is 2. The van der Waals surface area contributed by atoms with Crippen LogP contribution in [-0.2, 0) is 17.9 Å². The van der Waals surface area contributed by atoms with Gasteiger partial charge in [-0.3, -0.25) is 9.88 Å². The van der Waals surface area contributed by atoms with Crippen LogP contribution in [0.5, 0.6) is 5.75 Å². The number of guanidine groups is 1. The molecule has 1 aromatic carbocycles. The number of aliphatic imine (C=N–C) groups is 1. The average molecular weight is 553 g/mol. The van der Waals surface area contributed by atoms with Crippen LogP contribution >= 0.6 is 24.0 Å². The van der Waals surface area contributed by atoms with Crippen molar-refractivity contribution >= 4 is 29.9 Å². The fourth-order valence-corrected chi connectivity index (χ4v) is 3.42. The molecule has 0 aliphatic carbocycles. The zero-order valence-electron chi connectivity index (χ0n) is 19.3. The molecule has 7 nitrogen and oxygen atoms in total. The predicted octanol–water partition coefficient (Wildman–Crippen LogP) is 3.44. The standard InChI is InChI=1S/C24H35N5O2.HI/c1-4-25-23(28-19-24(2,3)29-13-15-30-16-14-29)27-17-20-8-10-22(11-9-20)31-18-21-7-5-6-12-26-21;/h5-12H,4,13-19H2,1-3H3,(H2,25,27,28);1H. The quantitative estimate of drug-likeness (QED) is 0.282. The number of aromatic nitrogens is 1. The van der Waals surface area contributed by atoms with Crippen molar-refractivity contribution in [2.45, 2.75) is 39.5 Å². The van der Waals surface area contributed by atoms with Crippen molar-refractivity contribution < 1.29 is 9.47 Å². The molecule has 0 radical (unpaired) electrons. The molecule has 2 heterocycles. The Balaban J connectivity index is 0.00000363. The van der Waals surface area contributed by atoms with Gasteiger partial charge in [-0.25, -0.2) is 4.99 Å². The summed E-state index contributed by atoms with van der Waals surface area (Å²) in [5, 5.41) is 6.85. The molecule has 1 aliphatic heterocycles. The summed E-state index contributed by atoms with van der Waals surface area (Å²) < 4.78 is 11.3. The van der Waals surface area contributed by atoms with Crippen LogP contribution in [0.2, 0.25) is 0 Å². The Kier molecular flexibility index (Phi) is 11.2. The van der Waals surface area contributed by atoms with Gasteiger partial charge in [0.05, 0.1) is 25.5 Å². The Bertz CT molecular complexity index is 809. The third-order valence-corrected chi connectivity index (χ3v) is 5.36. The van der Waals surface area contributed by atoms with Crippen molar-refractivity contribution in [1.29, 1.82) is 0 Å². The Morgan fingerprint density at radius 2 is 1.88 bits per heavy atom. The average Bonchev–Trinajstić information content (AvgIpc) is 2.81. The van der Waals surface area contributed by atoms with Gasteiger partial charge in [0.2, 0.25) is 0 Å². The number of nitrogens with zero attached hydrogens (tertiary/aromatic N) is 3. The van der Waals surface area contributed by atoms with Gasteiger partial charge >= 0.3 is 0 Å². The van der Waals surface area contributed by atoms with Gasteiger partial charge in [-0.05, 0) is 50.6 Å². The number of nitrogens with one attached hydrogen (secondary N) is 2. The number of benzene rings is 1. The van der Waals surface area contributed by atoms with Gasteiger partial charge in [0.1, 0.15) is 12.4 Å². The van der Waals surface area contributed by atoms with Crippen LogP contribution in [0, 0.1) is 0 Å². The maximum Gasteiger partial charge on any atom is 0.191 e. The number of pyridine rings is 1. The zero-order valence-corrected chi connectivity index (χ0v) is 21.7. The molecule has 0 atom stereocenters. The molecule has 1 aromatic heterocycles. The molecule has 1 aliphatic rings. The van der Waals surface area contributed by atoms with Gasteiger partial charge in [-0.1, -0.05) is 18.2 Å². The molecule has 176 valence electrons. The van der Waals surface area contributed by atoms with E-state index in [1.807, 2.05) is 30.3 Å². The molecule has 0 unspecified atom stereocenters. The van der Waals surface area contributed by atoms with Crippen molar-refractivity contribution in [3.63, 3.8) is 0 Å². The molecule has 1 saturated heterocycles. The molecule has 2 aromatic rings. The molecule has 1 fully saturated rings. The van der Waals surface area contributed by atoms with Gasteiger partial charge in [-0.2, -0.15) is 0 Å². The molecule has 2 N–H and O–H groups in total. The van der Waals surface area contributed by atoms with Crippen molar-refractivity contribution in [2.75, 3.05) is 39.4 Å². The monoisotopic (exact) mass is 553 g/mol. The number of rotatable bonds is 9. The number of morpholine rings is 1. The lowest BCUT2D eigenvalue weighted by molar-refractivity contribution is -0.00834. The first-order valence-electron chi connectivity index (χ1n) is 11.0. The molecule has 0 amide bonds.